The van der Waals surface area contributed by atoms with Crippen LogP contribution in [-0.2, 0) is 6.18 Å². The van der Waals surface area contributed by atoms with Crippen molar-refractivity contribution in [3.63, 3.8) is 0 Å². The van der Waals surface area contributed by atoms with Gasteiger partial charge in [-0.25, -0.2) is 0 Å². The molecule has 110 valence electrons. The second-order valence-electron chi connectivity index (χ2n) is 4.20. The number of hydrogen-bond acceptors (Lipinski definition) is 2. The predicted octanol–water partition coefficient (Wildman–Crippen LogP) is 4.43. The predicted molar refractivity (Wildman–Crippen MR) is 75.2 cm³/mol. The number of benzene rings is 2. The molecule has 0 bridgehead atoms. The van der Waals surface area contributed by atoms with E-state index in [-0.39, 0.29) is 21.5 Å². The number of phenolic OH excluding ortho intramolecular Hbond substituents is 1. The van der Waals surface area contributed by atoms with E-state index in [4.69, 9.17) is 0 Å². The average Bonchev–Trinajstić information content (AvgIpc) is 2.37. The van der Waals surface area contributed by atoms with Crippen molar-refractivity contribution >= 4 is 27.5 Å². The Balaban J connectivity index is 2.28. The minimum Gasteiger partial charge on any atom is -0.508 e. The number of phenols is 1. The molecule has 0 unspecified atom stereocenters. The number of halogens is 4. The Morgan fingerprint density at radius 3 is 2.48 bits per heavy atom. The summed E-state index contributed by atoms with van der Waals surface area (Å²) in [6.07, 6.45) is -4.56. The standard InChI is InChI=1S/C14H9BrF3NO2/c15-12-5-4-8(6-11(12)14(16,17)18)13(21)19-9-2-1-3-10(20)7-9/h1-7,20H,(H,19,21). The minimum absolute atomic E-state index is 0.0559. The van der Waals surface area contributed by atoms with Crippen LogP contribution < -0.4 is 5.32 Å². The first-order valence-electron chi connectivity index (χ1n) is 5.74. The highest BCUT2D eigenvalue weighted by atomic mass is 79.9. The molecule has 0 saturated carbocycles. The monoisotopic (exact) mass is 359 g/mol. The van der Waals surface area contributed by atoms with Crippen LogP contribution in [0.25, 0.3) is 0 Å². The highest BCUT2D eigenvalue weighted by Gasteiger charge is 2.33. The molecule has 2 aromatic carbocycles. The first-order chi connectivity index (χ1) is 9.77. The molecule has 0 radical (unpaired) electrons. The first kappa shape index (κ1) is 15.4. The number of nitrogens with one attached hydrogen (secondary N) is 1. The summed E-state index contributed by atoms with van der Waals surface area (Å²) in [5.74, 6) is -0.752. The molecule has 1 amide bonds. The number of carbonyl (C=O) groups is 1. The minimum atomic E-state index is -4.56. The molecule has 0 atom stereocenters. The van der Waals surface area contributed by atoms with Crippen molar-refractivity contribution < 1.29 is 23.1 Å². The van der Waals surface area contributed by atoms with Gasteiger partial charge in [-0.3, -0.25) is 4.79 Å². The van der Waals surface area contributed by atoms with E-state index in [9.17, 15) is 23.1 Å². The van der Waals surface area contributed by atoms with Gasteiger partial charge in [0, 0.05) is 21.8 Å². The van der Waals surface area contributed by atoms with E-state index >= 15 is 0 Å². The normalized spacial score (nSPS) is 11.2. The van der Waals surface area contributed by atoms with Gasteiger partial charge in [-0.1, -0.05) is 22.0 Å². The van der Waals surface area contributed by atoms with Crippen LogP contribution in [0.5, 0.6) is 5.75 Å². The fourth-order valence-electron chi connectivity index (χ4n) is 1.67. The van der Waals surface area contributed by atoms with Crippen molar-refractivity contribution in [2.75, 3.05) is 5.32 Å². The van der Waals surface area contributed by atoms with Gasteiger partial charge >= 0.3 is 6.18 Å². The molecule has 0 saturated heterocycles. The van der Waals surface area contributed by atoms with Gasteiger partial charge in [0.1, 0.15) is 5.75 Å². The van der Waals surface area contributed by atoms with Crippen molar-refractivity contribution in [2.45, 2.75) is 6.18 Å². The number of amides is 1. The van der Waals surface area contributed by atoms with Crippen LogP contribution in [-0.4, -0.2) is 11.0 Å². The van der Waals surface area contributed by atoms with Gasteiger partial charge < -0.3 is 10.4 Å². The zero-order chi connectivity index (χ0) is 15.6. The van der Waals surface area contributed by atoms with Crippen LogP contribution in [0, 0.1) is 0 Å². The zero-order valence-corrected chi connectivity index (χ0v) is 12.0. The third-order valence-electron chi connectivity index (χ3n) is 2.64. The van der Waals surface area contributed by atoms with Crippen LogP contribution in [0.2, 0.25) is 0 Å². The van der Waals surface area contributed by atoms with Crippen molar-refractivity contribution in [3.05, 3.63) is 58.1 Å². The summed E-state index contributed by atoms with van der Waals surface area (Å²) in [5.41, 5.74) is -0.767. The fourth-order valence-corrected chi connectivity index (χ4v) is 2.14. The van der Waals surface area contributed by atoms with Gasteiger partial charge in [0.2, 0.25) is 0 Å². The molecular formula is C14H9BrF3NO2. The summed E-state index contributed by atoms with van der Waals surface area (Å²) in [7, 11) is 0. The smallest absolute Gasteiger partial charge is 0.417 e. The Morgan fingerprint density at radius 2 is 1.86 bits per heavy atom. The summed E-state index contributed by atoms with van der Waals surface area (Å²) in [6, 6.07) is 8.94. The summed E-state index contributed by atoms with van der Waals surface area (Å²) in [4.78, 5) is 11.9. The maximum Gasteiger partial charge on any atom is 0.417 e. The lowest BCUT2D eigenvalue weighted by molar-refractivity contribution is -0.138. The van der Waals surface area contributed by atoms with Crippen molar-refractivity contribution in [1.29, 1.82) is 0 Å². The Hall–Kier alpha value is -2.02. The van der Waals surface area contributed by atoms with E-state index in [0.29, 0.717) is 0 Å². The molecule has 2 N–H and O–H groups in total. The van der Waals surface area contributed by atoms with Gasteiger partial charge in [-0.2, -0.15) is 13.2 Å². The molecule has 0 aliphatic heterocycles. The molecule has 21 heavy (non-hydrogen) atoms. The van der Waals surface area contributed by atoms with Gasteiger partial charge in [-0.15, -0.1) is 0 Å². The van der Waals surface area contributed by atoms with Crippen LogP contribution >= 0.6 is 15.9 Å². The fraction of sp³-hybridized carbons (Fsp3) is 0.0714. The lowest BCUT2D eigenvalue weighted by Gasteiger charge is -2.11. The third-order valence-corrected chi connectivity index (χ3v) is 3.33. The molecule has 2 aromatic rings. The molecule has 7 heteroatoms. The Labute approximate surface area is 126 Å². The van der Waals surface area contributed by atoms with Gasteiger partial charge in [-0.05, 0) is 30.3 Å². The van der Waals surface area contributed by atoms with Crippen molar-refractivity contribution in [1.82, 2.24) is 0 Å². The Morgan fingerprint density at radius 1 is 1.14 bits per heavy atom. The second kappa shape index (κ2) is 5.77. The van der Waals surface area contributed by atoms with Gasteiger partial charge in [0.05, 0.1) is 5.56 Å². The summed E-state index contributed by atoms with van der Waals surface area (Å²) < 4.78 is 38.2. The third kappa shape index (κ3) is 3.75. The number of aromatic hydroxyl groups is 1. The van der Waals surface area contributed by atoms with E-state index in [1.807, 2.05) is 0 Å². The molecule has 0 aromatic heterocycles. The van der Waals surface area contributed by atoms with E-state index in [2.05, 4.69) is 21.2 Å². The van der Waals surface area contributed by atoms with Crippen molar-refractivity contribution in [3.8, 4) is 5.75 Å². The lowest BCUT2D eigenvalue weighted by Crippen LogP contribution is -2.14. The molecule has 2 rings (SSSR count). The average molecular weight is 360 g/mol. The summed E-state index contributed by atoms with van der Waals surface area (Å²) in [6.45, 7) is 0. The molecule has 3 nitrogen and oxygen atoms in total. The number of carbonyl (C=O) groups excluding carboxylic acids is 1. The van der Waals surface area contributed by atoms with Crippen LogP contribution in [0.4, 0.5) is 18.9 Å². The largest absolute Gasteiger partial charge is 0.508 e. The Kier molecular flexibility index (Phi) is 4.22. The SMILES string of the molecule is O=C(Nc1cccc(O)c1)c1ccc(Br)c(C(F)(F)F)c1. The molecule has 0 heterocycles. The number of hydrogen-bond donors (Lipinski definition) is 2. The number of alkyl halides is 3. The van der Waals surface area contributed by atoms with Crippen molar-refractivity contribution in [2.24, 2.45) is 0 Å². The lowest BCUT2D eigenvalue weighted by atomic mass is 10.1. The van der Waals surface area contributed by atoms with Crippen LogP contribution in [0.3, 0.4) is 0 Å². The summed E-state index contributed by atoms with van der Waals surface area (Å²) in [5, 5.41) is 11.7. The van der Waals surface area contributed by atoms with Crippen LogP contribution in [0.15, 0.2) is 46.9 Å². The topological polar surface area (TPSA) is 49.3 Å². The highest BCUT2D eigenvalue weighted by Crippen LogP contribution is 2.35. The highest BCUT2D eigenvalue weighted by molar-refractivity contribution is 9.10. The van der Waals surface area contributed by atoms with E-state index in [0.717, 1.165) is 6.07 Å². The molecule has 0 aliphatic carbocycles. The van der Waals surface area contributed by atoms with E-state index in [1.165, 1.54) is 36.4 Å². The van der Waals surface area contributed by atoms with Crippen LogP contribution in [0.1, 0.15) is 15.9 Å². The maximum atomic E-state index is 12.8. The quantitative estimate of drug-likeness (QED) is 0.833. The molecule has 0 spiro atoms. The van der Waals surface area contributed by atoms with E-state index in [1.54, 1.807) is 0 Å². The number of rotatable bonds is 2. The maximum absolute atomic E-state index is 12.8. The molecule has 0 fully saturated rings. The summed E-state index contributed by atoms with van der Waals surface area (Å²) >= 11 is 2.81. The first-order valence-corrected chi connectivity index (χ1v) is 6.54. The van der Waals surface area contributed by atoms with Gasteiger partial charge in [0.25, 0.3) is 5.91 Å². The van der Waals surface area contributed by atoms with Gasteiger partial charge in [0.15, 0.2) is 0 Å². The second-order valence-corrected chi connectivity index (χ2v) is 5.05. The molecule has 0 aliphatic rings. The van der Waals surface area contributed by atoms with E-state index < -0.39 is 17.6 Å². The Bertz CT molecular complexity index is 686. The zero-order valence-electron chi connectivity index (χ0n) is 10.4. The number of anilines is 1. The molecular weight excluding hydrogens is 351 g/mol.